The predicted octanol–water partition coefficient (Wildman–Crippen LogP) is 1.24. The molecule has 20 heavy (non-hydrogen) atoms. The number of nitrogens with two attached hydrogens (primary N) is 1. The lowest BCUT2D eigenvalue weighted by Gasteiger charge is -2.17. The van der Waals surface area contributed by atoms with E-state index in [1.165, 1.54) is 23.1 Å². The first-order valence-corrected chi connectivity index (χ1v) is 6.41. The molecular weight excluding hydrogens is 259 g/mol. The van der Waals surface area contributed by atoms with Crippen LogP contribution in [0.2, 0.25) is 0 Å². The van der Waals surface area contributed by atoms with Crippen molar-refractivity contribution in [1.82, 2.24) is 4.90 Å². The maximum absolute atomic E-state index is 13.2. The lowest BCUT2D eigenvalue weighted by Crippen LogP contribution is -2.30. The highest BCUT2D eigenvalue weighted by atomic mass is 19.1. The number of ether oxygens (including phenoxy) is 1. The molecule has 0 spiro atoms. The first-order valence-electron chi connectivity index (χ1n) is 6.41. The van der Waals surface area contributed by atoms with Crippen LogP contribution in [0.4, 0.5) is 4.39 Å². The Morgan fingerprint density at radius 3 is 2.90 bits per heavy atom. The molecule has 0 aliphatic rings. The molecule has 0 unspecified atom stereocenters. The van der Waals surface area contributed by atoms with Gasteiger partial charge in [-0.25, -0.2) is 4.39 Å². The summed E-state index contributed by atoms with van der Waals surface area (Å²) in [5.41, 5.74) is 6.02. The second-order valence-electron chi connectivity index (χ2n) is 4.12. The van der Waals surface area contributed by atoms with E-state index in [4.69, 9.17) is 10.5 Å². The fourth-order valence-corrected chi connectivity index (χ4v) is 1.61. The highest BCUT2D eigenvalue weighted by Crippen LogP contribution is 2.12. The zero-order valence-corrected chi connectivity index (χ0v) is 11.8. The van der Waals surface area contributed by atoms with Crippen LogP contribution in [0.1, 0.15) is 22.8 Å². The first-order chi connectivity index (χ1) is 9.60. The average molecular weight is 278 g/mol. The van der Waals surface area contributed by atoms with Gasteiger partial charge in [0.25, 0.3) is 5.91 Å². The molecule has 0 aliphatic carbocycles. The summed E-state index contributed by atoms with van der Waals surface area (Å²) in [6.07, 6.45) is 0. The van der Waals surface area contributed by atoms with Crippen molar-refractivity contribution in [3.05, 3.63) is 35.1 Å². The van der Waals surface area contributed by atoms with Crippen molar-refractivity contribution < 1.29 is 13.9 Å². The first kappa shape index (κ1) is 16.2. The number of hydrogen-bond acceptors (Lipinski definition) is 3. The third-order valence-corrected chi connectivity index (χ3v) is 2.66. The molecule has 1 aromatic rings. The monoisotopic (exact) mass is 278 g/mol. The Morgan fingerprint density at radius 1 is 1.50 bits per heavy atom. The molecule has 2 N–H and O–H groups in total. The number of halogens is 1. The minimum absolute atomic E-state index is 0.157. The molecule has 5 heteroatoms. The van der Waals surface area contributed by atoms with Crippen LogP contribution in [-0.2, 0) is 4.74 Å². The number of carbonyl (C=O) groups is 1. The summed E-state index contributed by atoms with van der Waals surface area (Å²) < 4.78 is 18.4. The molecule has 0 atom stereocenters. The Hall–Kier alpha value is -1.90. The SMILES string of the molecule is CCOCCN(C)C(=O)c1ccc(F)cc1C#CCN. The molecule has 0 fully saturated rings. The third kappa shape index (κ3) is 4.65. The number of nitrogens with zero attached hydrogens (tertiary/aromatic N) is 1. The van der Waals surface area contributed by atoms with Gasteiger partial charge in [0.05, 0.1) is 18.7 Å². The van der Waals surface area contributed by atoms with Gasteiger partial charge >= 0.3 is 0 Å². The number of rotatable bonds is 5. The summed E-state index contributed by atoms with van der Waals surface area (Å²) in [6.45, 7) is 3.58. The molecule has 0 bridgehead atoms. The summed E-state index contributed by atoms with van der Waals surface area (Å²) in [7, 11) is 1.67. The van der Waals surface area contributed by atoms with E-state index in [0.717, 1.165) is 0 Å². The van der Waals surface area contributed by atoms with Crippen molar-refractivity contribution in [2.45, 2.75) is 6.92 Å². The van der Waals surface area contributed by atoms with Crippen LogP contribution >= 0.6 is 0 Å². The van der Waals surface area contributed by atoms with Crippen LogP contribution in [0.25, 0.3) is 0 Å². The molecule has 0 saturated carbocycles. The molecule has 0 aromatic heterocycles. The van der Waals surface area contributed by atoms with Gasteiger partial charge in [-0.05, 0) is 25.1 Å². The molecular formula is C15H19FN2O2. The van der Waals surface area contributed by atoms with Crippen molar-refractivity contribution in [2.75, 3.05) is 33.4 Å². The number of carbonyl (C=O) groups excluding carboxylic acids is 1. The van der Waals surface area contributed by atoms with Gasteiger partial charge in [0.1, 0.15) is 5.82 Å². The second-order valence-corrected chi connectivity index (χ2v) is 4.12. The summed E-state index contributed by atoms with van der Waals surface area (Å²) in [4.78, 5) is 13.8. The lowest BCUT2D eigenvalue weighted by atomic mass is 10.1. The molecule has 0 heterocycles. The number of hydrogen-bond donors (Lipinski definition) is 1. The summed E-state index contributed by atoms with van der Waals surface area (Å²) >= 11 is 0. The molecule has 1 aromatic carbocycles. The van der Waals surface area contributed by atoms with E-state index in [2.05, 4.69) is 11.8 Å². The number of benzene rings is 1. The molecule has 1 amide bonds. The predicted molar refractivity (Wildman–Crippen MR) is 75.8 cm³/mol. The van der Waals surface area contributed by atoms with Crippen molar-refractivity contribution >= 4 is 5.91 Å². The van der Waals surface area contributed by atoms with E-state index in [1.807, 2.05) is 6.92 Å². The van der Waals surface area contributed by atoms with Crippen LogP contribution in [0, 0.1) is 17.7 Å². The fourth-order valence-electron chi connectivity index (χ4n) is 1.61. The van der Waals surface area contributed by atoms with Gasteiger partial charge in [-0.15, -0.1) is 0 Å². The zero-order chi connectivity index (χ0) is 15.0. The largest absolute Gasteiger partial charge is 0.380 e. The van der Waals surface area contributed by atoms with Gasteiger partial charge in [-0.3, -0.25) is 4.79 Å². The van der Waals surface area contributed by atoms with Crippen LogP contribution in [0.5, 0.6) is 0 Å². The summed E-state index contributed by atoms with van der Waals surface area (Å²) in [5.74, 6) is 4.71. The van der Waals surface area contributed by atoms with Gasteiger partial charge in [0, 0.05) is 25.8 Å². The minimum atomic E-state index is -0.431. The van der Waals surface area contributed by atoms with Crippen LogP contribution in [-0.4, -0.2) is 44.2 Å². The summed E-state index contributed by atoms with van der Waals surface area (Å²) in [5, 5.41) is 0. The van der Waals surface area contributed by atoms with Crippen molar-refractivity contribution in [2.24, 2.45) is 5.73 Å². The smallest absolute Gasteiger partial charge is 0.254 e. The Labute approximate surface area is 118 Å². The molecule has 0 radical (unpaired) electrons. The van der Waals surface area contributed by atoms with Crippen molar-refractivity contribution in [3.63, 3.8) is 0 Å². The van der Waals surface area contributed by atoms with Gasteiger partial charge < -0.3 is 15.4 Å². The maximum Gasteiger partial charge on any atom is 0.254 e. The lowest BCUT2D eigenvalue weighted by molar-refractivity contribution is 0.0709. The van der Waals surface area contributed by atoms with Crippen LogP contribution in [0.3, 0.4) is 0 Å². The molecule has 108 valence electrons. The quantitative estimate of drug-likeness (QED) is 0.651. The standard InChI is InChI=1S/C15H19FN2O2/c1-3-20-10-9-18(2)15(19)14-7-6-13(16)11-12(14)5-4-8-17/h6-7,11H,3,8-10,17H2,1-2H3. The van der Waals surface area contributed by atoms with Gasteiger partial charge in [-0.2, -0.15) is 0 Å². The van der Waals surface area contributed by atoms with E-state index in [-0.39, 0.29) is 12.5 Å². The Bertz CT molecular complexity index is 520. The molecule has 0 aliphatic heterocycles. The Balaban J connectivity index is 2.91. The van der Waals surface area contributed by atoms with Crippen LogP contribution in [0.15, 0.2) is 18.2 Å². The van der Waals surface area contributed by atoms with Crippen LogP contribution < -0.4 is 5.73 Å². The maximum atomic E-state index is 13.2. The second kappa shape index (κ2) is 8.31. The number of amides is 1. The average Bonchev–Trinajstić information content (AvgIpc) is 2.44. The van der Waals surface area contributed by atoms with Gasteiger partial charge in [0.15, 0.2) is 0 Å². The normalized spacial score (nSPS) is 9.80. The molecule has 0 saturated heterocycles. The van der Waals surface area contributed by atoms with E-state index >= 15 is 0 Å². The van der Waals surface area contributed by atoms with E-state index in [9.17, 15) is 9.18 Å². The topological polar surface area (TPSA) is 55.6 Å². The Kier molecular flexibility index (Phi) is 6.71. The van der Waals surface area contributed by atoms with Crippen molar-refractivity contribution in [3.8, 4) is 11.8 Å². The van der Waals surface area contributed by atoms with Gasteiger partial charge in [0.2, 0.25) is 0 Å². The Morgan fingerprint density at radius 2 is 2.25 bits per heavy atom. The highest BCUT2D eigenvalue weighted by molar-refractivity contribution is 5.96. The molecule has 4 nitrogen and oxygen atoms in total. The van der Waals surface area contributed by atoms with E-state index in [1.54, 1.807) is 7.05 Å². The van der Waals surface area contributed by atoms with Gasteiger partial charge in [-0.1, -0.05) is 11.8 Å². The fraction of sp³-hybridized carbons (Fsp3) is 0.400. The molecule has 1 rings (SSSR count). The summed E-state index contributed by atoms with van der Waals surface area (Å²) in [6, 6.07) is 3.93. The highest BCUT2D eigenvalue weighted by Gasteiger charge is 2.15. The minimum Gasteiger partial charge on any atom is -0.380 e. The number of likely N-dealkylation sites (N-methyl/N-ethyl adjacent to an activating group) is 1. The van der Waals surface area contributed by atoms with Crippen molar-refractivity contribution in [1.29, 1.82) is 0 Å². The third-order valence-electron chi connectivity index (χ3n) is 2.66. The van der Waals surface area contributed by atoms with E-state index in [0.29, 0.717) is 30.9 Å². The van der Waals surface area contributed by atoms with E-state index < -0.39 is 5.82 Å². The zero-order valence-electron chi connectivity index (χ0n) is 11.8.